The highest BCUT2D eigenvalue weighted by Crippen LogP contribution is 2.17. The Labute approximate surface area is 92.7 Å². The van der Waals surface area contributed by atoms with Gasteiger partial charge in [-0.1, -0.05) is 13.3 Å². The summed E-state index contributed by atoms with van der Waals surface area (Å²) in [6, 6.07) is 0. The highest BCUT2D eigenvalue weighted by molar-refractivity contribution is 7.90. The predicted molar refractivity (Wildman–Crippen MR) is 56.7 cm³/mol. The SMILES string of the molecule is CCCc1nc(S(C)(=O)=O)nc2ocnc12. The average Bonchev–Trinajstić information content (AvgIpc) is 2.64. The van der Waals surface area contributed by atoms with Crippen LogP contribution in [0.3, 0.4) is 0 Å². The molecule has 0 spiro atoms. The fourth-order valence-corrected chi connectivity index (χ4v) is 1.90. The van der Waals surface area contributed by atoms with E-state index in [9.17, 15) is 8.42 Å². The first-order chi connectivity index (χ1) is 7.52. The first-order valence-corrected chi connectivity index (χ1v) is 6.71. The van der Waals surface area contributed by atoms with Gasteiger partial charge in [-0.05, 0) is 6.42 Å². The highest BCUT2D eigenvalue weighted by Gasteiger charge is 2.17. The van der Waals surface area contributed by atoms with Gasteiger partial charge < -0.3 is 4.42 Å². The summed E-state index contributed by atoms with van der Waals surface area (Å²) in [4.78, 5) is 11.8. The van der Waals surface area contributed by atoms with E-state index in [1.807, 2.05) is 6.92 Å². The zero-order valence-corrected chi connectivity index (χ0v) is 9.78. The summed E-state index contributed by atoms with van der Waals surface area (Å²) in [5.74, 6) is 0. The molecule has 2 aromatic rings. The van der Waals surface area contributed by atoms with E-state index in [0.717, 1.165) is 12.7 Å². The minimum absolute atomic E-state index is 0.208. The standard InChI is InChI=1S/C9H11N3O3S/c1-3-4-6-7-8(15-5-10-7)12-9(11-6)16(2,13)14/h5H,3-4H2,1-2H3. The van der Waals surface area contributed by atoms with Crippen molar-refractivity contribution >= 4 is 21.1 Å². The number of fused-ring (bicyclic) bond motifs is 1. The van der Waals surface area contributed by atoms with E-state index in [4.69, 9.17) is 4.42 Å². The Hall–Kier alpha value is -1.50. The molecule has 0 saturated carbocycles. The van der Waals surface area contributed by atoms with Crippen molar-refractivity contribution in [3.8, 4) is 0 Å². The molecular weight excluding hydrogens is 230 g/mol. The number of rotatable bonds is 3. The third-order valence-electron chi connectivity index (χ3n) is 2.07. The van der Waals surface area contributed by atoms with Crippen molar-refractivity contribution in [2.75, 3.05) is 6.26 Å². The van der Waals surface area contributed by atoms with E-state index in [-0.39, 0.29) is 10.9 Å². The zero-order valence-electron chi connectivity index (χ0n) is 8.97. The lowest BCUT2D eigenvalue weighted by atomic mass is 10.2. The number of sulfone groups is 1. The fraction of sp³-hybridized carbons (Fsp3) is 0.444. The summed E-state index contributed by atoms with van der Waals surface area (Å²) < 4.78 is 27.7. The molecule has 2 aromatic heterocycles. The summed E-state index contributed by atoms with van der Waals surface area (Å²) in [6.07, 6.45) is 3.81. The van der Waals surface area contributed by atoms with Gasteiger partial charge in [-0.3, -0.25) is 0 Å². The van der Waals surface area contributed by atoms with Gasteiger partial charge in [0.2, 0.25) is 15.0 Å². The Morgan fingerprint density at radius 3 is 2.75 bits per heavy atom. The molecule has 6 nitrogen and oxygen atoms in total. The van der Waals surface area contributed by atoms with Crippen LogP contribution in [0.5, 0.6) is 0 Å². The van der Waals surface area contributed by atoms with Gasteiger partial charge >= 0.3 is 0 Å². The van der Waals surface area contributed by atoms with Crippen LogP contribution in [0, 0.1) is 0 Å². The van der Waals surface area contributed by atoms with Gasteiger partial charge in [-0.2, -0.15) is 4.98 Å². The van der Waals surface area contributed by atoms with E-state index in [1.165, 1.54) is 6.39 Å². The van der Waals surface area contributed by atoms with Gasteiger partial charge in [0, 0.05) is 6.26 Å². The summed E-state index contributed by atoms with van der Waals surface area (Å²) in [5.41, 5.74) is 1.37. The maximum atomic E-state index is 11.4. The number of oxazole rings is 1. The summed E-state index contributed by atoms with van der Waals surface area (Å²) in [5, 5.41) is -0.208. The number of aryl methyl sites for hydroxylation is 1. The molecule has 0 N–H and O–H groups in total. The zero-order chi connectivity index (χ0) is 11.8. The summed E-state index contributed by atoms with van der Waals surface area (Å²) in [6.45, 7) is 1.98. The van der Waals surface area contributed by atoms with Crippen molar-refractivity contribution in [1.29, 1.82) is 0 Å². The smallest absolute Gasteiger partial charge is 0.251 e. The second-order valence-corrected chi connectivity index (χ2v) is 5.39. The van der Waals surface area contributed by atoms with Crippen LogP contribution in [0.2, 0.25) is 0 Å². The minimum atomic E-state index is -3.42. The monoisotopic (exact) mass is 241 g/mol. The van der Waals surface area contributed by atoms with Crippen LogP contribution in [0.1, 0.15) is 19.0 Å². The maximum Gasteiger partial charge on any atom is 0.251 e. The van der Waals surface area contributed by atoms with E-state index in [1.54, 1.807) is 0 Å². The van der Waals surface area contributed by atoms with Crippen LogP contribution in [0.25, 0.3) is 11.2 Å². The number of aromatic nitrogens is 3. The first-order valence-electron chi connectivity index (χ1n) is 4.82. The average molecular weight is 241 g/mol. The number of nitrogens with zero attached hydrogens (tertiary/aromatic N) is 3. The Bertz CT molecular complexity index is 618. The Kier molecular flexibility index (Phi) is 2.63. The molecule has 2 heterocycles. The highest BCUT2D eigenvalue weighted by atomic mass is 32.2. The second-order valence-electron chi connectivity index (χ2n) is 3.48. The van der Waals surface area contributed by atoms with Gasteiger partial charge in [0.15, 0.2) is 11.9 Å². The Balaban J connectivity index is 2.71. The van der Waals surface area contributed by atoms with Crippen LogP contribution in [-0.2, 0) is 16.3 Å². The van der Waals surface area contributed by atoms with Crippen molar-refractivity contribution in [2.45, 2.75) is 24.9 Å². The maximum absolute atomic E-state index is 11.4. The lowest BCUT2D eigenvalue weighted by molar-refractivity contribution is 0.573. The van der Waals surface area contributed by atoms with Gasteiger partial charge in [0.25, 0.3) is 5.71 Å². The largest absolute Gasteiger partial charge is 0.425 e. The molecule has 16 heavy (non-hydrogen) atoms. The molecule has 0 fully saturated rings. The van der Waals surface area contributed by atoms with Crippen LogP contribution in [0.4, 0.5) is 0 Å². The molecule has 2 rings (SSSR count). The molecule has 7 heteroatoms. The molecule has 0 amide bonds. The summed E-state index contributed by atoms with van der Waals surface area (Å²) in [7, 11) is -3.42. The third kappa shape index (κ3) is 1.90. The quantitative estimate of drug-likeness (QED) is 0.744. The van der Waals surface area contributed by atoms with Gasteiger partial charge in [-0.25, -0.2) is 18.4 Å². The molecule has 0 aliphatic carbocycles. The van der Waals surface area contributed by atoms with Crippen molar-refractivity contribution in [2.24, 2.45) is 0 Å². The fourth-order valence-electron chi connectivity index (χ4n) is 1.37. The normalized spacial score (nSPS) is 12.1. The van der Waals surface area contributed by atoms with Crippen molar-refractivity contribution in [1.82, 2.24) is 15.0 Å². The van der Waals surface area contributed by atoms with E-state index >= 15 is 0 Å². The predicted octanol–water partition coefficient (Wildman–Crippen LogP) is 0.974. The van der Waals surface area contributed by atoms with E-state index in [0.29, 0.717) is 17.6 Å². The first kappa shape index (κ1) is 11.0. The number of hydrogen-bond donors (Lipinski definition) is 0. The molecule has 0 aliphatic heterocycles. The molecule has 0 saturated heterocycles. The van der Waals surface area contributed by atoms with Crippen molar-refractivity contribution < 1.29 is 12.8 Å². The molecule has 0 unspecified atom stereocenters. The van der Waals surface area contributed by atoms with Crippen molar-refractivity contribution in [3.63, 3.8) is 0 Å². The summed E-state index contributed by atoms with van der Waals surface area (Å²) >= 11 is 0. The topological polar surface area (TPSA) is 86.0 Å². The lowest BCUT2D eigenvalue weighted by Gasteiger charge is -2.01. The van der Waals surface area contributed by atoms with Crippen LogP contribution in [0.15, 0.2) is 16.0 Å². The number of hydrogen-bond acceptors (Lipinski definition) is 6. The van der Waals surface area contributed by atoms with Crippen LogP contribution in [-0.4, -0.2) is 29.6 Å². The molecule has 86 valence electrons. The third-order valence-corrected chi connectivity index (χ3v) is 2.91. The van der Waals surface area contributed by atoms with Crippen LogP contribution >= 0.6 is 0 Å². The van der Waals surface area contributed by atoms with Crippen LogP contribution < -0.4 is 0 Å². The lowest BCUT2D eigenvalue weighted by Crippen LogP contribution is -2.06. The molecule has 0 radical (unpaired) electrons. The van der Waals surface area contributed by atoms with E-state index < -0.39 is 9.84 Å². The molecule has 0 bridgehead atoms. The van der Waals surface area contributed by atoms with E-state index in [2.05, 4.69) is 15.0 Å². The molecule has 0 atom stereocenters. The van der Waals surface area contributed by atoms with Gasteiger partial charge in [0.1, 0.15) is 0 Å². The van der Waals surface area contributed by atoms with Gasteiger partial charge in [-0.15, -0.1) is 0 Å². The second kappa shape index (κ2) is 3.82. The molecule has 0 aromatic carbocycles. The van der Waals surface area contributed by atoms with Gasteiger partial charge in [0.05, 0.1) is 5.69 Å². The Morgan fingerprint density at radius 2 is 2.12 bits per heavy atom. The van der Waals surface area contributed by atoms with Crippen molar-refractivity contribution in [3.05, 3.63) is 12.1 Å². The molecule has 0 aliphatic rings. The molecular formula is C9H11N3O3S. The minimum Gasteiger partial charge on any atom is -0.425 e. The Morgan fingerprint density at radius 1 is 1.38 bits per heavy atom.